The maximum atomic E-state index is 5.98. The van der Waals surface area contributed by atoms with E-state index >= 15 is 0 Å². The molecule has 138 valence electrons. The second kappa shape index (κ2) is 8.76. The highest BCUT2D eigenvalue weighted by Crippen LogP contribution is 2.30. The lowest BCUT2D eigenvalue weighted by molar-refractivity contribution is 0.0779. The van der Waals surface area contributed by atoms with Crippen LogP contribution in [-0.4, -0.2) is 50.0 Å². The van der Waals surface area contributed by atoms with Crippen LogP contribution in [-0.2, 0) is 6.42 Å². The van der Waals surface area contributed by atoms with Gasteiger partial charge in [0, 0.05) is 13.6 Å². The molecule has 1 aliphatic heterocycles. The molecular weight excluding hydrogens is 348 g/mol. The van der Waals surface area contributed by atoms with Crippen LogP contribution < -0.4 is 19.5 Å². The summed E-state index contributed by atoms with van der Waals surface area (Å²) in [4.78, 5) is 1.99. The van der Waals surface area contributed by atoms with Crippen LogP contribution in [0.3, 0.4) is 0 Å². The predicted molar refractivity (Wildman–Crippen MR) is 106 cm³/mol. The van der Waals surface area contributed by atoms with E-state index in [0.717, 1.165) is 30.2 Å². The monoisotopic (exact) mass is 372 g/mol. The lowest BCUT2D eigenvalue weighted by atomic mass is 10.1. The molecule has 5 nitrogen and oxygen atoms in total. The number of fused-ring (bicyclic) bond motifs is 1. The molecule has 0 bridgehead atoms. The molecule has 0 unspecified atom stereocenters. The zero-order valence-corrected chi connectivity index (χ0v) is 15.9. The third kappa shape index (κ3) is 4.79. The quantitative estimate of drug-likeness (QED) is 0.787. The second-order valence-corrected chi connectivity index (χ2v) is 6.59. The Hall–Kier alpha value is -2.47. The van der Waals surface area contributed by atoms with Gasteiger partial charge in [-0.1, -0.05) is 24.3 Å². The van der Waals surface area contributed by atoms with Crippen molar-refractivity contribution >= 4 is 17.3 Å². The number of thiocarbonyl (C=S) groups is 1. The second-order valence-electron chi connectivity index (χ2n) is 6.21. The van der Waals surface area contributed by atoms with E-state index in [-0.39, 0.29) is 6.10 Å². The number of para-hydroxylation sites is 2. The number of nitrogens with one attached hydrogen (secondary N) is 1. The van der Waals surface area contributed by atoms with Crippen molar-refractivity contribution in [1.29, 1.82) is 0 Å². The number of nitrogens with zero attached hydrogens (tertiary/aromatic N) is 1. The average molecular weight is 372 g/mol. The smallest absolute Gasteiger partial charge is 0.168 e. The third-order valence-corrected chi connectivity index (χ3v) is 4.70. The standard InChI is InChI=1S/C20H24N2O3S/c1-22(13-17-14-24-18-5-3-4-6-19(18)25-17)20(26)21-12-11-15-7-9-16(23-2)10-8-15/h3-10,17H,11-14H2,1-2H3,(H,21,26)/t17-/m1/s1. The maximum absolute atomic E-state index is 5.98. The highest BCUT2D eigenvalue weighted by Gasteiger charge is 2.22. The summed E-state index contributed by atoms with van der Waals surface area (Å²) in [5.74, 6) is 2.45. The molecule has 0 saturated carbocycles. The highest BCUT2D eigenvalue weighted by molar-refractivity contribution is 7.80. The lowest BCUT2D eigenvalue weighted by Gasteiger charge is -2.30. The summed E-state index contributed by atoms with van der Waals surface area (Å²) < 4.78 is 16.9. The summed E-state index contributed by atoms with van der Waals surface area (Å²) >= 11 is 5.48. The van der Waals surface area contributed by atoms with Crippen molar-refractivity contribution in [2.75, 3.05) is 33.9 Å². The van der Waals surface area contributed by atoms with Crippen LogP contribution in [0, 0.1) is 0 Å². The van der Waals surface area contributed by atoms with Gasteiger partial charge in [-0.15, -0.1) is 0 Å². The van der Waals surface area contributed by atoms with Crippen LogP contribution in [0.1, 0.15) is 5.56 Å². The minimum Gasteiger partial charge on any atom is -0.497 e. The molecule has 1 N–H and O–H groups in total. The fourth-order valence-corrected chi connectivity index (χ4v) is 2.96. The normalized spacial score (nSPS) is 15.2. The van der Waals surface area contributed by atoms with E-state index in [2.05, 4.69) is 17.4 Å². The zero-order chi connectivity index (χ0) is 18.4. The zero-order valence-electron chi connectivity index (χ0n) is 15.1. The van der Waals surface area contributed by atoms with Gasteiger partial charge in [-0.25, -0.2) is 0 Å². The minimum atomic E-state index is -0.0451. The molecule has 0 aromatic heterocycles. The van der Waals surface area contributed by atoms with Gasteiger partial charge < -0.3 is 24.4 Å². The largest absolute Gasteiger partial charge is 0.497 e. The predicted octanol–water partition coefficient (Wildman–Crippen LogP) is 2.88. The van der Waals surface area contributed by atoms with Gasteiger partial charge in [-0.3, -0.25) is 0 Å². The molecule has 1 atom stereocenters. The van der Waals surface area contributed by atoms with Crippen molar-refractivity contribution in [3.05, 3.63) is 54.1 Å². The van der Waals surface area contributed by atoms with Crippen LogP contribution >= 0.6 is 12.2 Å². The molecule has 0 aliphatic carbocycles. The molecule has 0 fully saturated rings. The van der Waals surface area contributed by atoms with Crippen molar-refractivity contribution < 1.29 is 14.2 Å². The Bertz CT molecular complexity index is 736. The Kier molecular flexibility index (Phi) is 6.17. The van der Waals surface area contributed by atoms with E-state index in [1.54, 1.807) is 7.11 Å². The van der Waals surface area contributed by atoms with Gasteiger partial charge in [0.1, 0.15) is 12.4 Å². The fraction of sp³-hybridized carbons (Fsp3) is 0.350. The van der Waals surface area contributed by atoms with E-state index in [0.29, 0.717) is 18.3 Å². The average Bonchev–Trinajstić information content (AvgIpc) is 2.68. The van der Waals surface area contributed by atoms with E-state index < -0.39 is 0 Å². The first-order valence-electron chi connectivity index (χ1n) is 8.66. The van der Waals surface area contributed by atoms with Gasteiger partial charge in [0.15, 0.2) is 22.7 Å². The number of ether oxygens (including phenoxy) is 3. The number of rotatable bonds is 6. The van der Waals surface area contributed by atoms with Crippen LogP contribution in [0.4, 0.5) is 0 Å². The summed E-state index contributed by atoms with van der Waals surface area (Å²) in [5.41, 5.74) is 1.24. The third-order valence-electron chi connectivity index (χ3n) is 4.24. The minimum absolute atomic E-state index is 0.0451. The van der Waals surface area contributed by atoms with Crippen molar-refractivity contribution in [2.45, 2.75) is 12.5 Å². The van der Waals surface area contributed by atoms with Crippen molar-refractivity contribution in [3.8, 4) is 17.2 Å². The van der Waals surface area contributed by atoms with Crippen LogP contribution in [0.15, 0.2) is 48.5 Å². The summed E-state index contributed by atoms with van der Waals surface area (Å²) in [6, 6.07) is 15.8. The van der Waals surface area contributed by atoms with E-state index in [1.165, 1.54) is 5.56 Å². The molecular formula is C20H24N2O3S. The number of hydrogen-bond acceptors (Lipinski definition) is 4. The van der Waals surface area contributed by atoms with Crippen molar-refractivity contribution in [3.63, 3.8) is 0 Å². The fourth-order valence-electron chi connectivity index (χ4n) is 2.78. The Labute approximate surface area is 159 Å². The lowest BCUT2D eigenvalue weighted by Crippen LogP contribution is -2.45. The summed E-state index contributed by atoms with van der Waals surface area (Å²) in [6.07, 6.45) is 0.852. The molecule has 3 rings (SSSR count). The Balaban J connectivity index is 1.42. The summed E-state index contributed by atoms with van der Waals surface area (Å²) in [7, 11) is 3.64. The highest BCUT2D eigenvalue weighted by atomic mass is 32.1. The first kappa shape index (κ1) is 18.3. The SMILES string of the molecule is COc1ccc(CCNC(=S)N(C)C[C@@H]2COc3ccccc3O2)cc1. The first-order valence-corrected chi connectivity index (χ1v) is 9.07. The van der Waals surface area contributed by atoms with Crippen LogP contribution in [0.25, 0.3) is 0 Å². The molecule has 26 heavy (non-hydrogen) atoms. The van der Waals surface area contributed by atoms with Gasteiger partial charge in [0.05, 0.1) is 13.7 Å². The van der Waals surface area contributed by atoms with E-state index in [4.69, 9.17) is 26.4 Å². The number of hydrogen-bond donors (Lipinski definition) is 1. The van der Waals surface area contributed by atoms with Crippen molar-refractivity contribution in [1.82, 2.24) is 10.2 Å². The molecule has 0 amide bonds. The number of methoxy groups -OCH3 is 1. The van der Waals surface area contributed by atoms with E-state index in [1.807, 2.05) is 48.3 Å². The van der Waals surface area contributed by atoms with E-state index in [9.17, 15) is 0 Å². The molecule has 0 radical (unpaired) electrons. The molecule has 1 aliphatic rings. The molecule has 2 aromatic carbocycles. The van der Waals surface area contributed by atoms with Gasteiger partial charge in [0.2, 0.25) is 0 Å². The van der Waals surface area contributed by atoms with Gasteiger partial charge in [0.25, 0.3) is 0 Å². The molecule has 0 spiro atoms. The Morgan fingerprint density at radius 1 is 1.19 bits per heavy atom. The van der Waals surface area contributed by atoms with Crippen LogP contribution in [0.2, 0.25) is 0 Å². The summed E-state index contributed by atoms with van der Waals surface area (Å²) in [5, 5.41) is 4.01. The Morgan fingerprint density at radius 2 is 1.92 bits per heavy atom. The first-order chi connectivity index (χ1) is 12.7. The summed E-state index contributed by atoms with van der Waals surface area (Å²) in [6.45, 7) is 1.97. The van der Waals surface area contributed by atoms with Crippen molar-refractivity contribution in [2.24, 2.45) is 0 Å². The number of likely N-dealkylation sites (N-methyl/N-ethyl adjacent to an activating group) is 1. The van der Waals surface area contributed by atoms with Gasteiger partial charge in [-0.05, 0) is 48.5 Å². The topological polar surface area (TPSA) is 43.0 Å². The molecule has 2 aromatic rings. The van der Waals surface area contributed by atoms with Gasteiger partial charge in [-0.2, -0.15) is 0 Å². The maximum Gasteiger partial charge on any atom is 0.168 e. The van der Waals surface area contributed by atoms with Crippen LogP contribution in [0.5, 0.6) is 17.2 Å². The molecule has 1 heterocycles. The Morgan fingerprint density at radius 3 is 2.65 bits per heavy atom. The molecule has 6 heteroatoms. The number of benzene rings is 2. The van der Waals surface area contributed by atoms with Gasteiger partial charge >= 0.3 is 0 Å². The molecule has 0 saturated heterocycles.